The smallest absolute Gasteiger partial charge is 0.124 e. The third kappa shape index (κ3) is 1.71. The first-order valence-corrected chi connectivity index (χ1v) is 4.26. The van der Waals surface area contributed by atoms with Gasteiger partial charge in [0.1, 0.15) is 5.75 Å². The average Bonchev–Trinajstić information content (AvgIpc) is 2.14. The summed E-state index contributed by atoms with van der Waals surface area (Å²) >= 11 is 0. The van der Waals surface area contributed by atoms with Crippen molar-refractivity contribution in [3.63, 3.8) is 0 Å². The Labute approximate surface area is 89.6 Å². The predicted molar refractivity (Wildman–Crippen MR) is 56.9 cm³/mol. The Hall–Kier alpha value is -0.770. The molecule has 0 unspecified atom stereocenters. The van der Waals surface area contributed by atoms with E-state index in [4.69, 9.17) is 15.2 Å². The Bertz CT molecular complexity index is 313. The van der Waals surface area contributed by atoms with Gasteiger partial charge in [0.2, 0.25) is 0 Å². The van der Waals surface area contributed by atoms with E-state index < -0.39 is 0 Å². The van der Waals surface area contributed by atoms with E-state index in [0.717, 1.165) is 11.3 Å². The summed E-state index contributed by atoms with van der Waals surface area (Å²) in [6.45, 7) is 1.15. The molecule has 78 valence electrons. The van der Waals surface area contributed by atoms with Crippen molar-refractivity contribution in [3.8, 4) is 5.75 Å². The number of nitrogens with two attached hydrogens (primary N) is 1. The Balaban J connectivity index is 0.000000980. The van der Waals surface area contributed by atoms with Gasteiger partial charge in [-0.05, 0) is 6.07 Å². The number of para-hydroxylation sites is 1. The number of methoxy groups -OCH3 is 1. The van der Waals surface area contributed by atoms with Gasteiger partial charge < -0.3 is 15.2 Å². The fourth-order valence-electron chi connectivity index (χ4n) is 1.53. The first-order valence-electron chi connectivity index (χ1n) is 4.26. The maximum Gasteiger partial charge on any atom is 0.124 e. The van der Waals surface area contributed by atoms with E-state index in [9.17, 15) is 0 Å². The van der Waals surface area contributed by atoms with E-state index in [0.29, 0.717) is 13.2 Å². The van der Waals surface area contributed by atoms with Crippen LogP contribution in [-0.2, 0) is 10.3 Å². The number of halogens is 1. The average molecular weight is 216 g/mol. The van der Waals surface area contributed by atoms with Gasteiger partial charge in [0.15, 0.2) is 0 Å². The van der Waals surface area contributed by atoms with Crippen molar-refractivity contribution in [1.29, 1.82) is 0 Å². The molecule has 0 aliphatic carbocycles. The number of benzene rings is 1. The lowest BCUT2D eigenvalue weighted by molar-refractivity contribution is -0.0578. The van der Waals surface area contributed by atoms with Crippen LogP contribution in [0, 0.1) is 0 Å². The molecule has 0 radical (unpaired) electrons. The summed E-state index contributed by atoms with van der Waals surface area (Å²) in [6.07, 6.45) is 0. The van der Waals surface area contributed by atoms with Gasteiger partial charge in [-0.2, -0.15) is 0 Å². The summed E-state index contributed by atoms with van der Waals surface area (Å²) in [5, 5.41) is 0. The third-order valence-corrected chi connectivity index (χ3v) is 2.36. The van der Waals surface area contributed by atoms with Crippen LogP contribution in [0.1, 0.15) is 5.56 Å². The van der Waals surface area contributed by atoms with Crippen molar-refractivity contribution in [2.24, 2.45) is 5.73 Å². The second-order valence-electron chi connectivity index (χ2n) is 3.35. The van der Waals surface area contributed by atoms with E-state index in [-0.39, 0.29) is 17.9 Å². The number of rotatable bonds is 2. The molecule has 4 heteroatoms. The highest BCUT2D eigenvalue weighted by Crippen LogP contribution is 2.33. The van der Waals surface area contributed by atoms with Crippen molar-refractivity contribution >= 4 is 12.4 Å². The summed E-state index contributed by atoms with van der Waals surface area (Å²) in [7, 11) is 1.65. The molecule has 0 saturated carbocycles. The number of hydrogen-bond donors (Lipinski definition) is 1. The zero-order valence-electron chi connectivity index (χ0n) is 8.03. The van der Waals surface area contributed by atoms with E-state index in [1.165, 1.54) is 0 Å². The second-order valence-corrected chi connectivity index (χ2v) is 3.35. The minimum Gasteiger partial charge on any atom is -0.496 e. The van der Waals surface area contributed by atoms with Gasteiger partial charge >= 0.3 is 0 Å². The Morgan fingerprint density at radius 2 is 2.00 bits per heavy atom. The number of hydrogen-bond acceptors (Lipinski definition) is 3. The third-order valence-electron chi connectivity index (χ3n) is 2.36. The normalized spacial score (nSPS) is 17.9. The molecule has 3 nitrogen and oxygen atoms in total. The molecule has 0 spiro atoms. The highest BCUT2D eigenvalue weighted by atomic mass is 35.5. The Morgan fingerprint density at radius 1 is 1.36 bits per heavy atom. The van der Waals surface area contributed by atoms with Crippen LogP contribution in [0.3, 0.4) is 0 Å². The summed E-state index contributed by atoms with van der Waals surface area (Å²) in [5.74, 6) is 0.841. The molecule has 1 aliphatic rings. The molecule has 0 bridgehead atoms. The largest absolute Gasteiger partial charge is 0.496 e. The number of ether oxygens (including phenoxy) is 2. The molecule has 14 heavy (non-hydrogen) atoms. The van der Waals surface area contributed by atoms with Crippen molar-refractivity contribution in [3.05, 3.63) is 29.8 Å². The first kappa shape index (κ1) is 11.3. The van der Waals surface area contributed by atoms with Crippen LogP contribution in [0.4, 0.5) is 0 Å². The molecule has 0 atom stereocenters. The van der Waals surface area contributed by atoms with E-state index in [1.54, 1.807) is 7.11 Å². The van der Waals surface area contributed by atoms with Crippen molar-refractivity contribution in [1.82, 2.24) is 0 Å². The van der Waals surface area contributed by atoms with E-state index in [1.807, 2.05) is 24.3 Å². The van der Waals surface area contributed by atoms with Gasteiger partial charge in [0, 0.05) is 5.56 Å². The Kier molecular flexibility index (Phi) is 3.37. The van der Waals surface area contributed by atoms with Crippen LogP contribution in [-0.4, -0.2) is 20.3 Å². The lowest BCUT2D eigenvalue weighted by atomic mass is 9.88. The topological polar surface area (TPSA) is 44.5 Å². The minimum atomic E-state index is -0.341. The molecule has 0 aromatic heterocycles. The maximum atomic E-state index is 6.10. The standard InChI is InChI=1S/C10H13NO2.ClH/c1-12-9-5-3-2-4-8(9)10(11)6-13-7-10;/h2-5H,6-7,11H2,1H3;1H. The van der Waals surface area contributed by atoms with Crippen LogP contribution >= 0.6 is 12.4 Å². The second kappa shape index (κ2) is 4.17. The van der Waals surface area contributed by atoms with Crippen molar-refractivity contribution in [2.75, 3.05) is 20.3 Å². The molecule has 1 saturated heterocycles. The van der Waals surface area contributed by atoms with Crippen LogP contribution in [0.2, 0.25) is 0 Å². The summed E-state index contributed by atoms with van der Waals surface area (Å²) in [4.78, 5) is 0. The van der Waals surface area contributed by atoms with Crippen LogP contribution in [0.25, 0.3) is 0 Å². The monoisotopic (exact) mass is 215 g/mol. The zero-order valence-corrected chi connectivity index (χ0v) is 8.84. The fraction of sp³-hybridized carbons (Fsp3) is 0.400. The van der Waals surface area contributed by atoms with Gasteiger partial charge in [0.25, 0.3) is 0 Å². The molecule has 2 rings (SSSR count). The predicted octanol–water partition coefficient (Wildman–Crippen LogP) is 1.30. The molecule has 1 heterocycles. The van der Waals surface area contributed by atoms with Gasteiger partial charge in [0.05, 0.1) is 25.9 Å². The summed E-state index contributed by atoms with van der Waals surface area (Å²) in [6, 6.07) is 7.81. The molecular formula is C10H14ClNO2. The van der Waals surface area contributed by atoms with E-state index >= 15 is 0 Å². The molecular weight excluding hydrogens is 202 g/mol. The zero-order chi connectivity index (χ0) is 9.31. The molecule has 0 amide bonds. The quantitative estimate of drug-likeness (QED) is 0.809. The first-order chi connectivity index (χ1) is 6.26. The maximum absolute atomic E-state index is 6.10. The highest BCUT2D eigenvalue weighted by Gasteiger charge is 2.38. The molecule has 1 aromatic carbocycles. The van der Waals surface area contributed by atoms with Crippen LogP contribution in [0.15, 0.2) is 24.3 Å². The molecule has 1 aromatic rings. The van der Waals surface area contributed by atoms with Gasteiger partial charge in [-0.3, -0.25) is 0 Å². The van der Waals surface area contributed by atoms with Gasteiger partial charge in [-0.15, -0.1) is 12.4 Å². The van der Waals surface area contributed by atoms with Crippen LogP contribution in [0.5, 0.6) is 5.75 Å². The minimum absolute atomic E-state index is 0. The lowest BCUT2D eigenvalue weighted by Gasteiger charge is -2.38. The van der Waals surface area contributed by atoms with Crippen molar-refractivity contribution < 1.29 is 9.47 Å². The summed E-state index contributed by atoms with van der Waals surface area (Å²) < 4.78 is 10.3. The van der Waals surface area contributed by atoms with Crippen molar-refractivity contribution in [2.45, 2.75) is 5.54 Å². The fourth-order valence-corrected chi connectivity index (χ4v) is 1.53. The van der Waals surface area contributed by atoms with Crippen LogP contribution < -0.4 is 10.5 Å². The van der Waals surface area contributed by atoms with Gasteiger partial charge in [-0.1, -0.05) is 18.2 Å². The summed E-state index contributed by atoms with van der Waals surface area (Å²) in [5.41, 5.74) is 6.79. The lowest BCUT2D eigenvalue weighted by Crippen LogP contribution is -2.54. The SMILES string of the molecule is COc1ccccc1C1(N)COC1.Cl. The Morgan fingerprint density at radius 3 is 2.50 bits per heavy atom. The molecule has 1 fully saturated rings. The van der Waals surface area contributed by atoms with E-state index in [2.05, 4.69) is 0 Å². The van der Waals surface area contributed by atoms with Gasteiger partial charge in [-0.25, -0.2) is 0 Å². The highest BCUT2D eigenvalue weighted by molar-refractivity contribution is 5.85. The molecule has 2 N–H and O–H groups in total. The molecule has 1 aliphatic heterocycles.